The number of rotatable bonds is 7. The summed E-state index contributed by atoms with van der Waals surface area (Å²) in [5.41, 5.74) is 0.208. The Hall–Kier alpha value is -2.57. The third-order valence-electron chi connectivity index (χ3n) is 3.56. The highest BCUT2D eigenvalue weighted by molar-refractivity contribution is 5.82. The van der Waals surface area contributed by atoms with Crippen LogP contribution in [0.15, 0.2) is 30.3 Å². The molecule has 7 heteroatoms. The molecule has 0 fully saturated rings. The molecule has 0 spiro atoms. The molecule has 0 aromatic heterocycles. The Balaban J connectivity index is 2.90. The summed E-state index contributed by atoms with van der Waals surface area (Å²) in [5, 5.41) is 2.48. The van der Waals surface area contributed by atoms with Crippen LogP contribution in [-0.2, 0) is 30.2 Å². The lowest BCUT2D eigenvalue weighted by atomic mass is 9.92. The summed E-state index contributed by atoms with van der Waals surface area (Å²) in [6.45, 7) is 5.14. The van der Waals surface area contributed by atoms with Crippen molar-refractivity contribution in [1.29, 1.82) is 0 Å². The highest BCUT2D eigenvalue weighted by atomic mass is 16.6. The molecule has 0 heterocycles. The van der Waals surface area contributed by atoms with Crippen molar-refractivity contribution < 1.29 is 28.6 Å². The van der Waals surface area contributed by atoms with Gasteiger partial charge in [-0.25, -0.2) is 9.59 Å². The third-order valence-corrected chi connectivity index (χ3v) is 3.56. The van der Waals surface area contributed by atoms with E-state index < -0.39 is 35.6 Å². The van der Waals surface area contributed by atoms with E-state index in [4.69, 9.17) is 14.2 Å². The third kappa shape index (κ3) is 7.55. The van der Waals surface area contributed by atoms with Gasteiger partial charge in [-0.3, -0.25) is 4.79 Å². The smallest absolute Gasteiger partial charge is 0.408 e. The van der Waals surface area contributed by atoms with Crippen molar-refractivity contribution in [2.24, 2.45) is 5.92 Å². The summed E-state index contributed by atoms with van der Waals surface area (Å²) in [6, 6.07) is 8.33. The fourth-order valence-electron chi connectivity index (χ4n) is 2.42. The fourth-order valence-corrected chi connectivity index (χ4v) is 2.42. The number of hydrogen-bond acceptors (Lipinski definition) is 6. The van der Waals surface area contributed by atoms with Crippen LogP contribution in [0.3, 0.4) is 0 Å². The van der Waals surface area contributed by atoms with E-state index >= 15 is 0 Å². The van der Waals surface area contributed by atoms with Crippen LogP contribution in [0.4, 0.5) is 4.79 Å². The summed E-state index contributed by atoms with van der Waals surface area (Å²) in [5.74, 6) is -1.74. The van der Waals surface area contributed by atoms with E-state index in [1.807, 2.05) is 30.3 Å². The Morgan fingerprint density at radius 3 is 2.08 bits per heavy atom. The van der Waals surface area contributed by atoms with Crippen LogP contribution in [0.1, 0.15) is 32.8 Å². The van der Waals surface area contributed by atoms with Gasteiger partial charge >= 0.3 is 18.0 Å². The second-order valence-corrected chi connectivity index (χ2v) is 6.87. The second-order valence-electron chi connectivity index (χ2n) is 6.87. The van der Waals surface area contributed by atoms with Crippen LogP contribution >= 0.6 is 0 Å². The van der Waals surface area contributed by atoms with Gasteiger partial charge in [-0.1, -0.05) is 30.3 Å². The van der Waals surface area contributed by atoms with Crippen molar-refractivity contribution in [3.8, 4) is 0 Å². The minimum absolute atomic E-state index is 0.0352. The average Bonchev–Trinajstić information content (AvgIpc) is 2.58. The number of esters is 2. The van der Waals surface area contributed by atoms with Gasteiger partial charge in [0.25, 0.3) is 0 Å². The molecule has 1 rings (SSSR count). The average molecular weight is 365 g/mol. The van der Waals surface area contributed by atoms with Crippen LogP contribution in [0.25, 0.3) is 0 Å². The maximum absolute atomic E-state index is 12.2. The number of alkyl carbamates (subject to hydrolysis) is 1. The highest BCUT2D eigenvalue weighted by Gasteiger charge is 2.31. The molecule has 7 nitrogen and oxygen atoms in total. The lowest BCUT2D eigenvalue weighted by Crippen LogP contribution is -2.46. The summed E-state index contributed by atoms with van der Waals surface area (Å²) in [4.78, 5) is 36.2. The van der Waals surface area contributed by atoms with Gasteiger partial charge in [0, 0.05) is 0 Å². The monoisotopic (exact) mass is 365 g/mol. The quantitative estimate of drug-likeness (QED) is 0.590. The fraction of sp³-hybridized carbons (Fsp3) is 0.526. The number of ether oxygens (including phenoxy) is 3. The van der Waals surface area contributed by atoms with Crippen molar-refractivity contribution in [3.63, 3.8) is 0 Å². The van der Waals surface area contributed by atoms with Crippen molar-refractivity contribution in [3.05, 3.63) is 35.9 Å². The topological polar surface area (TPSA) is 90.9 Å². The van der Waals surface area contributed by atoms with E-state index in [1.165, 1.54) is 14.2 Å². The van der Waals surface area contributed by atoms with Gasteiger partial charge in [0.1, 0.15) is 11.6 Å². The number of carbonyl (C=O) groups excluding carboxylic acids is 3. The van der Waals surface area contributed by atoms with Gasteiger partial charge in [0.05, 0.1) is 20.1 Å². The predicted molar refractivity (Wildman–Crippen MR) is 95.4 cm³/mol. The number of methoxy groups -OCH3 is 2. The molecule has 1 N–H and O–H groups in total. The first-order valence-corrected chi connectivity index (χ1v) is 8.35. The molecule has 26 heavy (non-hydrogen) atoms. The normalized spacial score (nSPS) is 13.3. The first kappa shape index (κ1) is 21.5. The van der Waals surface area contributed by atoms with E-state index in [-0.39, 0.29) is 6.42 Å². The van der Waals surface area contributed by atoms with Crippen molar-refractivity contribution in [2.45, 2.75) is 45.3 Å². The molecule has 1 aromatic carbocycles. The van der Waals surface area contributed by atoms with Gasteiger partial charge in [0.15, 0.2) is 0 Å². The van der Waals surface area contributed by atoms with Gasteiger partial charge in [-0.05, 0) is 39.2 Å². The van der Waals surface area contributed by atoms with E-state index in [0.717, 1.165) is 5.56 Å². The predicted octanol–water partition coefficient (Wildman–Crippen LogP) is 2.47. The molecule has 2 atom stereocenters. The highest BCUT2D eigenvalue weighted by Crippen LogP contribution is 2.17. The van der Waals surface area contributed by atoms with Gasteiger partial charge in [0.2, 0.25) is 0 Å². The minimum atomic E-state index is -1.03. The van der Waals surface area contributed by atoms with Crippen molar-refractivity contribution >= 4 is 18.0 Å². The van der Waals surface area contributed by atoms with E-state index in [2.05, 4.69) is 5.32 Å². The molecule has 0 saturated heterocycles. The summed E-state index contributed by atoms with van der Waals surface area (Å²) < 4.78 is 14.8. The largest absolute Gasteiger partial charge is 0.469 e. The Kier molecular flexibility index (Phi) is 8.09. The zero-order valence-corrected chi connectivity index (χ0v) is 15.9. The summed E-state index contributed by atoms with van der Waals surface area (Å²) in [6.07, 6.45) is -0.346. The maximum atomic E-state index is 12.2. The molecule has 0 radical (unpaired) electrons. The van der Waals surface area contributed by atoms with Crippen LogP contribution in [0.2, 0.25) is 0 Å². The molecule has 0 bridgehead atoms. The Morgan fingerprint density at radius 2 is 1.58 bits per heavy atom. The Bertz CT molecular complexity index is 608. The Morgan fingerprint density at radius 1 is 1.00 bits per heavy atom. The number of nitrogens with one attached hydrogen (secondary N) is 1. The van der Waals surface area contributed by atoms with E-state index in [0.29, 0.717) is 6.42 Å². The summed E-state index contributed by atoms with van der Waals surface area (Å²) in [7, 11) is 2.51. The SMILES string of the molecule is COC(=O)[C@@H](Cc1ccccc1)C[C@H](NC(=O)OC(C)(C)C)C(=O)OC. The number of hydrogen-bond donors (Lipinski definition) is 1. The van der Waals surface area contributed by atoms with Crippen molar-refractivity contribution in [1.82, 2.24) is 5.32 Å². The first-order valence-electron chi connectivity index (χ1n) is 8.35. The van der Waals surface area contributed by atoms with Crippen LogP contribution < -0.4 is 5.32 Å². The van der Waals surface area contributed by atoms with Crippen LogP contribution in [-0.4, -0.2) is 43.9 Å². The lowest BCUT2D eigenvalue weighted by molar-refractivity contribution is -0.148. The molecule has 0 aliphatic carbocycles. The van der Waals surface area contributed by atoms with E-state index in [1.54, 1.807) is 20.8 Å². The molecule has 0 unspecified atom stereocenters. The van der Waals surface area contributed by atoms with Crippen molar-refractivity contribution in [2.75, 3.05) is 14.2 Å². The number of carbonyl (C=O) groups is 3. The second kappa shape index (κ2) is 9.79. The molecular formula is C19H27NO6. The molecule has 0 saturated carbocycles. The van der Waals surface area contributed by atoms with Crippen LogP contribution in [0.5, 0.6) is 0 Å². The van der Waals surface area contributed by atoms with E-state index in [9.17, 15) is 14.4 Å². The standard InChI is InChI=1S/C19H27NO6/c1-19(2,3)26-18(23)20-15(17(22)25-5)12-14(16(21)24-4)11-13-9-7-6-8-10-13/h6-10,14-15H,11-12H2,1-5H3,(H,20,23)/t14-,15-/m0/s1. The lowest BCUT2D eigenvalue weighted by Gasteiger charge is -2.24. The van der Waals surface area contributed by atoms with Gasteiger partial charge < -0.3 is 19.5 Å². The molecule has 0 aliphatic rings. The van der Waals surface area contributed by atoms with Crippen LogP contribution in [0, 0.1) is 5.92 Å². The molecule has 1 amide bonds. The zero-order valence-electron chi connectivity index (χ0n) is 15.9. The number of benzene rings is 1. The first-order chi connectivity index (χ1) is 12.2. The number of amides is 1. The van der Waals surface area contributed by atoms with Gasteiger partial charge in [-0.15, -0.1) is 0 Å². The molecule has 1 aromatic rings. The summed E-state index contributed by atoms with van der Waals surface area (Å²) >= 11 is 0. The molecule has 144 valence electrons. The minimum Gasteiger partial charge on any atom is -0.469 e. The molecular weight excluding hydrogens is 338 g/mol. The maximum Gasteiger partial charge on any atom is 0.408 e. The molecule has 0 aliphatic heterocycles. The zero-order chi connectivity index (χ0) is 19.7. The Labute approximate surface area is 154 Å². The van der Waals surface area contributed by atoms with Gasteiger partial charge in [-0.2, -0.15) is 0 Å².